The molecule has 1 aromatic heterocycles. The van der Waals surface area contributed by atoms with E-state index >= 15 is 0 Å². The molecule has 31 heavy (non-hydrogen) atoms. The van der Waals surface area contributed by atoms with Crippen LogP contribution in [0.2, 0.25) is 0 Å². The normalized spacial score (nSPS) is 19.7. The summed E-state index contributed by atoms with van der Waals surface area (Å²) in [5.74, 6) is 0.209. The van der Waals surface area contributed by atoms with Crippen molar-refractivity contribution in [1.29, 1.82) is 0 Å². The van der Waals surface area contributed by atoms with Gasteiger partial charge in [0.25, 0.3) is 0 Å². The topological polar surface area (TPSA) is 65.5 Å². The molecule has 2 aliphatic rings. The first-order valence-corrected chi connectivity index (χ1v) is 11.8. The molecule has 160 valence electrons. The van der Waals surface area contributed by atoms with Crippen LogP contribution in [0.25, 0.3) is 10.2 Å². The highest BCUT2D eigenvalue weighted by atomic mass is 32.1. The summed E-state index contributed by atoms with van der Waals surface area (Å²) >= 11 is 1.70. The van der Waals surface area contributed by atoms with Crippen molar-refractivity contribution >= 4 is 39.2 Å². The molecule has 0 spiro atoms. The Morgan fingerprint density at radius 3 is 2.45 bits per heavy atom. The fourth-order valence-electron chi connectivity index (χ4n) is 4.61. The fraction of sp³-hybridized carbons (Fsp3) is 0.375. The number of likely N-dealkylation sites (tertiary alicyclic amines) is 2. The van der Waals surface area contributed by atoms with Crippen molar-refractivity contribution in [2.24, 2.45) is 5.92 Å². The van der Waals surface area contributed by atoms with Crippen LogP contribution in [-0.2, 0) is 4.79 Å². The fourth-order valence-corrected chi connectivity index (χ4v) is 5.72. The SMILES string of the molecule is O=C(Nc1ccccc1)N1CCC(C(=O)N2CCC[C@H]2c2nc3ccccc3s2)CC1. The summed E-state index contributed by atoms with van der Waals surface area (Å²) in [7, 11) is 0. The number of para-hydroxylation sites is 2. The standard InChI is InChI=1S/C24H26N4O2S/c29-23(17-12-15-27(16-13-17)24(30)25-18-7-2-1-3-8-18)28-14-6-10-20(28)22-26-19-9-4-5-11-21(19)31-22/h1-5,7-9,11,17,20H,6,10,12-16H2,(H,25,30)/t20-/m0/s1. The predicted octanol–water partition coefficient (Wildman–Crippen LogP) is 4.90. The lowest BCUT2D eigenvalue weighted by Crippen LogP contribution is -2.45. The van der Waals surface area contributed by atoms with Crippen LogP contribution in [0.1, 0.15) is 36.7 Å². The molecule has 3 aromatic rings. The molecule has 3 amide bonds. The number of benzene rings is 2. The monoisotopic (exact) mass is 434 g/mol. The van der Waals surface area contributed by atoms with Gasteiger partial charge in [-0.1, -0.05) is 30.3 Å². The minimum atomic E-state index is -0.0920. The number of carbonyl (C=O) groups is 2. The molecule has 0 aliphatic carbocycles. The third-order valence-electron chi connectivity index (χ3n) is 6.29. The molecule has 0 unspecified atom stereocenters. The Morgan fingerprint density at radius 2 is 1.68 bits per heavy atom. The van der Waals surface area contributed by atoms with Crippen molar-refractivity contribution in [2.45, 2.75) is 31.7 Å². The molecule has 1 N–H and O–H groups in total. The average Bonchev–Trinajstić information content (AvgIpc) is 3.46. The molecule has 0 radical (unpaired) electrons. The van der Waals surface area contributed by atoms with E-state index in [1.54, 1.807) is 11.3 Å². The van der Waals surface area contributed by atoms with Crippen molar-refractivity contribution < 1.29 is 9.59 Å². The Balaban J connectivity index is 1.21. The molecule has 5 rings (SSSR count). The molecule has 1 atom stereocenters. The molecule has 0 bridgehead atoms. The third-order valence-corrected chi connectivity index (χ3v) is 7.43. The summed E-state index contributed by atoms with van der Waals surface area (Å²) in [6, 6.07) is 17.6. The van der Waals surface area contributed by atoms with Crippen LogP contribution in [0, 0.1) is 5.92 Å². The molecular formula is C24H26N4O2S. The van der Waals surface area contributed by atoms with Crippen LogP contribution >= 0.6 is 11.3 Å². The van der Waals surface area contributed by atoms with Gasteiger partial charge in [0.05, 0.1) is 16.3 Å². The zero-order valence-electron chi connectivity index (χ0n) is 17.4. The Kier molecular flexibility index (Phi) is 5.59. The summed E-state index contributed by atoms with van der Waals surface area (Å²) in [4.78, 5) is 34.6. The van der Waals surface area contributed by atoms with Crippen molar-refractivity contribution in [3.8, 4) is 0 Å². The number of anilines is 1. The van der Waals surface area contributed by atoms with Gasteiger partial charge >= 0.3 is 6.03 Å². The Labute approximate surface area is 185 Å². The first kappa shape index (κ1) is 20.0. The lowest BCUT2D eigenvalue weighted by Gasteiger charge is -2.34. The minimum Gasteiger partial charge on any atom is -0.333 e. The van der Waals surface area contributed by atoms with Gasteiger partial charge in [-0.2, -0.15) is 0 Å². The van der Waals surface area contributed by atoms with Crippen LogP contribution in [0.5, 0.6) is 0 Å². The summed E-state index contributed by atoms with van der Waals surface area (Å²) in [5.41, 5.74) is 1.81. The van der Waals surface area contributed by atoms with Crippen molar-refractivity contribution in [2.75, 3.05) is 25.0 Å². The van der Waals surface area contributed by atoms with Crippen LogP contribution in [-0.4, -0.2) is 46.4 Å². The van der Waals surface area contributed by atoms with E-state index < -0.39 is 0 Å². The number of carbonyl (C=O) groups excluding carboxylic acids is 2. The van der Waals surface area contributed by atoms with Gasteiger partial charge in [-0.05, 0) is 49.9 Å². The highest BCUT2D eigenvalue weighted by Gasteiger charge is 2.37. The number of aromatic nitrogens is 1. The Bertz CT molecular complexity index is 1040. The highest BCUT2D eigenvalue weighted by molar-refractivity contribution is 7.18. The zero-order valence-corrected chi connectivity index (χ0v) is 18.2. The summed E-state index contributed by atoms with van der Waals surface area (Å²) < 4.78 is 1.18. The molecule has 2 saturated heterocycles. The molecule has 0 saturated carbocycles. The van der Waals surface area contributed by atoms with Crippen LogP contribution in [0.15, 0.2) is 54.6 Å². The van der Waals surface area contributed by atoms with Gasteiger partial charge in [0.2, 0.25) is 5.91 Å². The number of piperidine rings is 1. The molecule has 2 aliphatic heterocycles. The van der Waals surface area contributed by atoms with Crippen LogP contribution in [0.3, 0.4) is 0 Å². The number of thiazole rings is 1. The quantitative estimate of drug-likeness (QED) is 0.637. The van der Waals surface area contributed by atoms with Crippen molar-refractivity contribution in [3.63, 3.8) is 0 Å². The highest BCUT2D eigenvalue weighted by Crippen LogP contribution is 2.38. The second-order valence-corrected chi connectivity index (χ2v) is 9.33. The maximum atomic E-state index is 13.4. The number of hydrogen-bond donors (Lipinski definition) is 1. The summed E-state index contributed by atoms with van der Waals surface area (Å²) in [5, 5.41) is 3.98. The molecule has 2 fully saturated rings. The smallest absolute Gasteiger partial charge is 0.321 e. The van der Waals surface area contributed by atoms with Crippen LogP contribution < -0.4 is 5.32 Å². The van der Waals surface area contributed by atoms with Gasteiger partial charge in [-0.25, -0.2) is 9.78 Å². The van der Waals surface area contributed by atoms with E-state index in [4.69, 9.17) is 4.98 Å². The number of hydrogen-bond acceptors (Lipinski definition) is 4. The lowest BCUT2D eigenvalue weighted by molar-refractivity contribution is -0.137. The van der Waals surface area contributed by atoms with Gasteiger partial charge in [-0.15, -0.1) is 11.3 Å². The molecule has 2 aromatic carbocycles. The van der Waals surface area contributed by atoms with E-state index in [0.29, 0.717) is 25.9 Å². The summed E-state index contributed by atoms with van der Waals surface area (Å²) in [6.45, 7) is 2.01. The zero-order chi connectivity index (χ0) is 21.2. The number of rotatable bonds is 3. The van der Waals surface area contributed by atoms with Crippen LogP contribution in [0.4, 0.5) is 10.5 Å². The van der Waals surface area contributed by atoms with E-state index in [0.717, 1.165) is 35.6 Å². The van der Waals surface area contributed by atoms with Crippen molar-refractivity contribution in [3.05, 3.63) is 59.6 Å². The second kappa shape index (κ2) is 8.67. The number of urea groups is 1. The van der Waals surface area contributed by atoms with E-state index in [1.807, 2.05) is 58.3 Å². The Hall–Kier alpha value is -2.93. The number of nitrogens with zero attached hydrogens (tertiary/aromatic N) is 3. The van der Waals surface area contributed by atoms with E-state index in [-0.39, 0.29) is 23.9 Å². The average molecular weight is 435 g/mol. The number of amides is 3. The predicted molar refractivity (Wildman–Crippen MR) is 123 cm³/mol. The van der Waals surface area contributed by atoms with Crippen molar-refractivity contribution in [1.82, 2.24) is 14.8 Å². The number of nitrogens with one attached hydrogen (secondary N) is 1. The first-order valence-electron chi connectivity index (χ1n) is 11.0. The maximum absolute atomic E-state index is 13.4. The van der Waals surface area contributed by atoms with E-state index in [2.05, 4.69) is 11.4 Å². The molecular weight excluding hydrogens is 408 g/mol. The van der Waals surface area contributed by atoms with Gasteiger partial charge in [0.15, 0.2) is 0 Å². The lowest BCUT2D eigenvalue weighted by atomic mass is 9.95. The Morgan fingerprint density at radius 1 is 0.935 bits per heavy atom. The second-order valence-electron chi connectivity index (χ2n) is 8.27. The third kappa shape index (κ3) is 4.14. The molecule has 7 heteroatoms. The maximum Gasteiger partial charge on any atom is 0.321 e. The molecule has 6 nitrogen and oxygen atoms in total. The minimum absolute atomic E-state index is 0.0178. The van der Waals surface area contributed by atoms with Gasteiger partial charge in [0, 0.05) is 31.2 Å². The number of fused-ring (bicyclic) bond motifs is 1. The van der Waals surface area contributed by atoms with Gasteiger partial charge in [0.1, 0.15) is 5.01 Å². The van der Waals surface area contributed by atoms with Gasteiger partial charge in [-0.3, -0.25) is 4.79 Å². The van der Waals surface area contributed by atoms with Gasteiger partial charge < -0.3 is 15.1 Å². The van der Waals surface area contributed by atoms with E-state index in [9.17, 15) is 9.59 Å². The first-order chi connectivity index (χ1) is 15.2. The summed E-state index contributed by atoms with van der Waals surface area (Å²) in [6.07, 6.45) is 3.42. The largest absolute Gasteiger partial charge is 0.333 e. The molecule has 3 heterocycles. The van der Waals surface area contributed by atoms with E-state index in [1.165, 1.54) is 4.70 Å².